The molecule has 1 aromatic carbocycles. The van der Waals surface area contributed by atoms with E-state index in [1.54, 1.807) is 12.1 Å². The molecule has 174 valence electrons. The number of likely N-dealkylation sites (tertiary alicyclic amines) is 1. The van der Waals surface area contributed by atoms with Gasteiger partial charge in [-0.05, 0) is 76.5 Å². The minimum absolute atomic E-state index is 0.108. The second-order valence-electron chi connectivity index (χ2n) is 8.71. The van der Waals surface area contributed by atoms with Crippen LogP contribution in [0.4, 0.5) is 0 Å². The molecule has 1 fully saturated rings. The van der Waals surface area contributed by atoms with Crippen LogP contribution in [-0.4, -0.2) is 34.1 Å². The van der Waals surface area contributed by atoms with Crippen LogP contribution in [0.3, 0.4) is 0 Å². The highest BCUT2D eigenvalue weighted by atomic mass is 79.9. The van der Waals surface area contributed by atoms with Crippen LogP contribution in [0.1, 0.15) is 40.8 Å². The molecule has 1 amide bonds. The van der Waals surface area contributed by atoms with Crippen LogP contribution in [0.15, 0.2) is 63.4 Å². The van der Waals surface area contributed by atoms with Gasteiger partial charge in [0, 0.05) is 61.3 Å². The van der Waals surface area contributed by atoms with E-state index in [1.807, 2.05) is 17.2 Å². The van der Waals surface area contributed by atoms with Gasteiger partial charge in [0.15, 0.2) is 0 Å². The zero-order valence-corrected chi connectivity index (χ0v) is 22.3. The van der Waals surface area contributed by atoms with Crippen molar-refractivity contribution in [3.05, 3.63) is 96.4 Å². The van der Waals surface area contributed by atoms with Crippen LogP contribution in [0.25, 0.3) is 5.57 Å². The molecule has 8 heteroatoms. The van der Waals surface area contributed by atoms with Crippen molar-refractivity contribution in [2.75, 3.05) is 13.1 Å². The standard InChI is InChI=1S/C26H23Br2ClN3O2/c27-20-12-19-2-1-18-13-21(29)14-22(28)24(18)25(26(19)30-15-20)17-5-7-31(8-6-17)23(33)11-16-3-9-32(34)10-4-16/h3-4,9-10,12-15,34H,1-2,5-8,11H2/q+1. The number of pyridine rings is 2. The van der Waals surface area contributed by atoms with Crippen molar-refractivity contribution in [1.82, 2.24) is 9.88 Å². The summed E-state index contributed by atoms with van der Waals surface area (Å²) in [7, 11) is 0. The van der Waals surface area contributed by atoms with Gasteiger partial charge in [0.05, 0.1) is 12.1 Å². The lowest BCUT2D eigenvalue weighted by atomic mass is 9.88. The molecule has 0 spiro atoms. The summed E-state index contributed by atoms with van der Waals surface area (Å²) in [6.45, 7) is 1.35. The molecule has 1 aliphatic heterocycles. The summed E-state index contributed by atoms with van der Waals surface area (Å²) in [5, 5.41) is 10.1. The fourth-order valence-corrected chi connectivity index (χ4v) is 6.31. The van der Waals surface area contributed by atoms with Crippen molar-refractivity contribution >= 4 is 54.9 Å². The lowest BCUT2D eigenvalue weighted by molar-refractivity contribution is -0.904. The number of aryl methyl sites for hydroxylation is 2. The molecule has 2 aliphatic rings. The van der Waals surface area contributed by atoms with Gasteiger partial charge in [-0.25, -0.2) is 0 Å². The Morgan fingerprint density at radius 2 is 1.76 bits per heavy atom. The van der Waals surface area contributed by atoms with E-state index in [0.717, 1.165) is 55.6 Å². The Bertz CT molecular complexity index is 1300. The zero-order chi connectivity index (χ0) is 23.8. The molecule has 0 atom stereocenters. The predicted molar refractivity (Wildman–Crippen MR) is 138 cm³/mol. The molecule has 1 saturated heterocycles. The third-order valence-corrected chi connectivity index (χ3v) is 7.81. The summed E-state index contributed by atoms with van der Waals surface area (Å²) < 4.78 is 2.94. The minimum Gasteiger partial charge on any atom is -0.342 e. The Morgan fingerprint density at radius 1 is 1.06 bits per heavy atom. The van der Waals surface area contributed by atoms with Gasteiger partial charge in [-0.1, -0.05) is 33.1 Å². The van der Waals surface area contributed by atoms with Crippen molar-refractivity contribution in [2.24, 2.45) is 0 Å². The van der Waals surface area contributed by atoms with Gasteiger partial charge in [-0.3, -0.25) is 15.0 Å². The maximum Gasteiger partial charge on any atom is 0.227 e. The molecule has 0 bridgehead atoms. The van der Waals surface area contributed by atoms with Crippen LogP contribution in [-0.2, 0) is 24.1 Å². The van der Waals surface area contributed by atoms with Crippen LogP contribution in [0.5, 0.6) is 0 Å². The number of fused-ring (bicyclic) bond motifs is 2. The maximum atomic E-state index is 12.9. The zero-order valence-electron chi connectivity index (χ0n) is 18.4. The highest BCUT2D eigenvalue weighted by Gasteiger charge is 2.28. The smallest absolute Gasteiger partial charge is 0.227 e. The van der Waals surface area contributed by atoms with Crippen molar-refractivity contribution in [1.29, 1.82) is 0 Å². The Kier molecular flexibility index (Phi) is 6.78. The minimum atomic E-state index is 0.108. The molecule has 0 unspecified atom stereocenters. The van der Waals surface area contributed by atoms with Crippen molar-refractivity contribution in [3.63, 3.8) is 0 Å². The monoisotopic (exact) mass is 602 g/mol. The summed E-state index contributed by atoms with van der Waals surface area (Å²) in [6.07, 6.45) is 8.67. The van der Waals surface area contributed by atoms with Crippen molar-refractivity contribution in [3.8, 4) is 0 Å². The number of halogens is 3. The molecule has 34 heavy (non-hydrogen) atoms. The number of carbonyl (C=O) groups is 1. The van der Waals surface area contributed by atoms with Crippen molar-refractivity contribution in [2.45, 2.75) is 32.1 Å². The Balaban J connectivity index is 1.47. The Morgan fingerprint density at radius 3 is 2.50 bits per heavy atom. The van der Waals surface area contributed by atoms with Gasteiger partial charge in [0.25, 0.3) is 0 Å². The van der Waals surface area contributed by atoms with Crippen LogP contribution in [0.2, 0.25) is 5.02 Å². The van der Waals surface area contributed by atoms with E-state index in [1.165, 1.54) is 40.2 Å². The molecular formula is C26H23Br2ClN3O2+. The summed E-state index contributed by atoms with van der Waals surface area (Å²) in [4.78, 5) is 19.7. The summed E-state index contributed by atoms with van der Waals surface area (Å²) >= 11 is 13.8. The van der Waals surface area contributed by atoms with Crippen LogP contribution in [0, 0.1) is 0 Å². The number of carbonyl (C=O) groups excluding carboxylic acids is 1. The van der Waals surface area contributed by atoms with Gasteiger partial charge >= 0.3 is 0 Å². The molecule has 2 aromatic heterocycles. The van der Waals surface area contributed by atoms with Crippen LogP contribution >= 0.6 is 43.5 Å². The van der Waals surface area contributed by atoms with E-state index in [9.17, 15) is 10.0 Å². The largest absolute Gasteiger partial charge is 0.342 e. The van der Waals surface area contributed by atoms with Crippen molar-refractivity contribution < 1.29 is 14.7 Å². The van der Waals surface area contributed by atoms with Gasteiger partial charge < -0.3 is 4.90 Å². The Labute approximate surface area is 220 Å². The first kappa shape index (κ1) is 23.5. The molecule has 3 aromatic rings. The fraction of sp³-hybridized carbons (Fsp3) is 0.269. The summed E-state index contributed by atoms with van der Waals surface area (Å²) in [6, 6.07) is 9.72. The number of hydrogen-bond acceptors (Lipinski definition) is 3. The fourth-order valence-electron chi connectivity index (χ4n) is 4.86. The number of piperidine rings is 1. The molecule has 1 aliphatic carbocycles. The summed E-state index contributed by atoms with van der Waals surface area (Å²) in [5.41, 5.74) is 8.05. The first-order valence-corrected chi connectivity index (χ1v) is 13.2. The molecule has 3 heterocycles. The van der Waals surface area contributed by atoms with E-state index < -0.39 is 0 Å². The van der Waals surface area contributed by atoms with E-state index in [-0.39, 0.29) is 5.91 Å². The first-order chi connectivity index (χ1) is 16.4. The second-order valence-corrected chi connectivity index (χ2v) is 10.9. The van der Waals surface area contributed by atoms with E-state index in [4.69, 9.17) is 16.6 Å². The summed E-state index contributed by atoms with van der Waals surface area (Å²) in [5.74, 6) is 0.108. The average Bonchev–Trinajstić information content (AvgIpc) is 2.97. The molecule has 1 N–H and O–H groups in total. The first-order valence-electron chi connectivity index (χ1n) is 11.2. The lowest BCUT2D eigenvalue weighted by Crippen LogP contribution is -2.37. The van der Waals surface area contributed by atoms with Gasteiger partial charge in [0.2, 0.25) is 18.3 Å². The number of nitrogens with zero attached hydrogens (tertiary/aromatic N) is 3. The lowest BCUT2D eigenvalue weighted by Gasteiger charge is -2.30. The predicted octanol–water partition coefficient (Wildman–Crippen LogP) is 5.55. The third-order valence-electron chi connectivity index (χ3n) is 6.53. The highest BCUT2D eigenvalue weighted by molar-refractivity contribution is 9.10. The number of benzene rings is 1. The number of hydrogen-bond donors (Lipinski definition) is 1. The normalized spacial score (nSPS) is 15.6. The average molecular weight is 605 g/mol. The van der Waals surface area contributed by atoms with E-state index >= 15 is 0 Å². The van der Waals surface area contributed by atoms with Gasteiger partial charge in [0.1, 0.15) is 0 Å². The number of aromatic nitrogens is 2. The topological polar surface area (TPSA) is 57.3 Å². The quantitative estimate of drug-likeness (QED) is 0.308. The van der Waals surface area contributed by atoms with Crippen LogP contribution < -0.4 is 4.73 Å². The second kappa shape index (κ2) is 9.80. The molecule has 5 nitrogen and oxygen atoms in total. The molecular weight excluding hydrogens is 582 g/mol. The van der Waals surface area contributed by atoms with Gasteiger partial charge in [-0.2, -0.15) is 0 Å². The SMILES string of the molecule is O=C(Cc1cc[n+](O)cc1)N1CCC(=C2c3ncc(Br)cc3CCc3cc(Cl)cc(Br)c32)CC1. The molecule has 0 radical (unpaired) electrons. The number of amides is 1. The van der Waals surface area contributed by atoms with E-state index in [0.29, 0.717) is 19.5 Å². The van der Waals surface area contributed by atoms with Gasteiger partial charge in [-0.15, -0.1) is 0 Å². The Hall–Kier alpha value is -2.22. The highest BCUT2D eigenvalue weighted by Crippen LogP contribution is 2.42. The molecule has 5 rings (SSSR count). The molecule has 0 saturated carbocycles. The third kappa shape index (κ3) is 4.79. The van der Waals surface area contributed by atoms with E-state index in [2.05, 4.69) is 44.0 Å². The number of rotatable bonds is 2. The maximum absolute atomic E-state index is 12.9.